The molecule has 2 heterocycles. The Morgan fingerprint density at radius 2 is 2.50 bits per heavy atom. The number of hydrogen-bond acceptors (Lipinski definition) is 5. The monoisotopic (exact) mass is 227 g/mol. The summed E-state index contributed by atoms with van der Waals surface area (Å²) in [4.78, 5) is 8.60. The first kappa shape index (κ1) is 10.3. The normalized spacial score (nSPS) is 21.4. The third kappa shape index (κ3) is 2.62. The molecule has 0 spiro atoms. The van der Waals surface area contributed by atoms with E-state index in [1.807, 2.05) is 30.3 Å². The van der Waals surface area contributed by atoms with E-state index in [1.165, 1.54) is 6.42 Å². The van der Waals surface area contributed by atoms with Crippen LogP contribution in [-0.2, 0) is 0 Å². The summed E-state index contributed by atoms with van der Waals surface area (Å²) in [6.07, 6.45) is 5.08. The number of aromatic nitrogens is 2. The van der Waals surface area contributed by atoms with Gasteiger partial charge >= 0.3 is 0 Å². The van der Waals surface area contributed by atoms with E-state index in [1.54, 1.807) is 11.8 Å². The summed E-state index contributed by atoms with van der Waals surface area (Å²) in [5.41, 5.74) is 0. The van der Waals surface area contributed by atoms with Crippen molar-refractivity contribution in [3.63, 3.8) is 0 Å². The van der Waals surface area contributed by atoms with Crippen molar-refractivity contribution in [2.45, 2.75) is 21.9 Å². The Labute approximate surface area is 92.5 Å². The Bertz CT molecular complexity index is 300. The fourth-order valence-corrected chi connectivity index (χ4v) is 2.86. The molecule has 0 unspecified atom stereocenters. The van der Waals surface area contributed by atoms with Crippen molar-refractivity contribution in [1.82, 2.24) is 15.3 Å². The maximum absolute atomic E-state index is 4.44. The molecule has 0 aromatic carbocycles. The molecule has 2 rings (SSSR count). The van der Waals surface area contributed by atoms with Crippen molar-refractivity contribution in [3.8, 4) is 0 Å². The van der Waals surface area contributed by atoms with Gasteiger partial charge in [-0.2, -0.15) is 0 Å². The molecule has 0 radical (unpaired) electrons. The van der Waals surface area contributed by atoms with Crippen molar-refractivity contribution in [1.29, 1.82) is 0 Å². The quantitative estimate of drug-likeness (QED) is 0.483. The van der Waals surface area contributed by atoms with Crippen molar-refractivity contribution in [2.24, 2.45) is 0 Å². The molecule has 0 aliphatic carbocycles. The second kappa shape index (κ2) is 5.00. The van der Waals surface area contributed by atoms with E-state index in [2.05, 4.69) is 15.3 Å². The SMILES string of the molecule is CSc1nccc(S[C@H]2CCNC2)n1. The van der Waals surface area contributed by atoms with E-state index < -0.39 is 0 Å². The summed E-state index contributed by atoms with van der Waals surface area (Å²) < 4.78 is 0. The Morgan fingerprint density at radius 1 is 1.57 bits per heavy atom. The molecule has 1 atom stereocenters. The van der Waals surface area contributed by atoms with E-state index in [0.29, 0.717) is 5.25 Å². The van der Waals surface area contributed by atoms with Crippen LogP contribution in [-0.4, -0.2) is 34.6 Å². The molecular formula is C9H13N3S2. The molecule has 1 aromatic heterocycles. The summed E-state index contributed by atoms with van der Waals surface area (Å²) in [6, 6.07) is 1.99. The summed E-state index contributed by atoms with van der Waals surface area (Å²) in [7, 11) is 0. The van der Waals surface area contributed by atoms with Crippen molar-refractivity contribution < 1.29 is 0 Å². The molecular weight excluding hydrogens is 214 g/mol. The topological polar surface area (TPSA) is 37.8 Å². The van der Waals surface area contributed by atoms with E-state index >= 15 is 0 Å². The first-order valence-electron chi connectivity index (χ1n) is 4.63. The zero-order valence-corrected chi connectivity index (χ0v) is 9.70. The van der Waals surface area contributed by atoms with Gasteiger partial charge < -0.3 is 5.32 Å². The van der Waals surface area contributed by atoms with Crippen molar-refractivity contribution in [2.75, 3.05) is 19.3 Å². The van der Waals surface area contributed by atoms with Crippen LogP contribution in [0, 0.1) is 0 Å². The number of hydrogen-bond donors (Lipinski definition) is 1. The Kier molecular flexibility index (Phi) is 3.67. The summed E-state index contributed by atoms with van der Waals surface area (Å²) in [5, 5.41) is 5.99. The molecule has 3 nitrogen and oxygen atoms in total. The Hall–Kier alpha value is -0.260. The van der Waals surface area contributed by atoms with Gasteiger partial charge in [0.2, 0.25) is 0 Å². The maximum atomic E-state index is 4.44. The van der Waals surface area contributed by atoms with Crippen LogP contribution >= 0.6 is 23.5 Å². The van der Waals surface area contributed by atoms with Gasteiger partial charge in [0.15, 0.2) is 5.16 Å². The average Bonchev–Trinajstić information content (AvgIpc) is 2.71. The third-order valence-corrected chi connectivity index (χ3v) is 3.86. The lowest BCUT2D eigenvalue weighted by Gasteiger charge is -2.06. The first-order chi connectivity index (χ1) is 6.88. The molecule has 1 aliphatic rings. The zero-order valence-electron chi connectivity index (χ0n) is 8.06. The lowest BCUT2D eigenvalue weighted by atomic mass is 10.4. The molecule has 76 valence electrons. The van der Waals surface area contributed by atoms with Gasteiger partial charge in [0.25, 0.3) is 0 Å². The van der Waals surface area contributed by atoms with E-state index in [4.69, 9.17) is 0 Å². The lowest BCUT2D eigenvalue weighted by molar-refractivity contribution is 0.857. The number of thioether (sulfide) groups is 2. The second-order valence-electron chi connectivity index (χ2n) is 3.11. The minimum absolute atomic E-state index is 0.680. The largest absolute Gasteiger partial charge is 0.316 e. The second-order valence-corrected chi connectivity index (χ2v) is 5.21. The van der Waals surface area contributed by atoms with Crippen LogP contribution in [0.1, 0.15) is 6.42 Å². The Morgan fingerprint density at radius 3 is 3.21 bits per heavy atom. The summed E-state index contributed by atoms with van der Waals surface area (Å²) in [5.74, 6) is 0. The van der Waals surface area contributed by atoms with Crippen molar-refractivity contribution >= 4 is 23.5 Å². The van der Waals surface area contributed by atoms with Crippen LogP contribution in [0.2, 0.25) is 0 Å². The maximum Gasteiger partial charge on any atom is 0.188 e. The number of nitrogens with one attached hydrogen (secondary N) is 1. The fraction of sp³-hybridized carbons (Fsp3) is 0.556. The minimum atomic E-state index is 0.680. The highest BCUT2D eigenvalue weighted by atomic mass is 32.2. The highest BCUT2D eigenvalue weighted by Crippen LogP contribution is 2.25. The Balaban J connectivity index is 2.00. The van der Waals surface area contributed by atoms with Crippen LogP contribution in [0.4, 0.5) is 0 Å². The van der Waals surface area contributed by atoms with Gasteiger partial charge in [-0.15, -0.1) is 11.8 Å². The predicted octanol–water partition coefficient (Wildman–Crippen LogP) is 1.65. The standard InChI is InChI=1S/C9H13N3S2/c1-13-9-11-5-3-8(12-9)14-7-2-4-10-6-7/h3,5,7,10H,2,4,6H2,1H3/t7-/m0/s1. The smallest absolute Gasteiger partial charge is 0.188 e. The average molecular weight is 227 g/mol. The third-order valence-electron chi connectivity index (χ3n) is 2.09. The van der Waals surface area contributed by atoms with Crippen LogP contribution in [0.3, 0.4) is 0 Å². The van der Waals surface area contributed by atoms with Crippen LogP contribution < -0.4 is 5.32 Å². The van der Waals surface area contributed by atoms with Gasteiger partial charge in [0.05, 0.1) is 0 Å². The van der Waals surface area contributed by atoms with Gasteiger partial charge in [-0.05, 0) is 25.3 Å². The van der Waals surface area contributed by atoms with Gasteiger partial charge in [0, 0.05) is 18.0 Å². The van der Waals surface area contributed by atoms with Crippen LogP contribution in [0.5, 0.6) is 0 Å². The highest BCUT2D eigenvalue weighted by Gasteiger charge is 2.16. The molecule has 1 aromatic rings. The predicted molar refractivity (Wildman–Crippen MR) is 60.9 cm³/mol. The lowest BCUT2D eigenvalue weighted by Crippen LogP contribution is -2.10. The van der Waals surface area contributed by atoms with Crippen molar-refractivity contribution in [3.05, 3.63) is 12.3 Å². The molecule has 0 saturated carbocycles. The van der Waals surface area contributed by atoms with Gasteiger partial charge in [-0.3, -0.25) is 0 Å². The van der Waals surface area contributed by atoms with Gasteiger partial charge in [0.1, 0.15) is 5.03 Å². The first-order valence-corrected chi connectivity index (χ1v) is 6.73. The van der Waals surface area contributed by atoms with E-state index in [9.17, 15) is 0 Å². The van der Waals surface area contributed by atoms with E-state index in [-0.39, 0.29) is 0 Å². The molecule has 5 heteroatoms. The molecule has 1 N–H and O–H groups in total. The summed E-state index contributed by atoms with van der Waals surface area (Å²) >= 11 is 3.44. The minimum Gasteiger partial charge on any atom is -0.316 e. The van der Waals surface area contributed by atoms with E-state index in [0.717, 1.165) is 23.3 Å². The fourth-order valence-electron chi connectivity index (χ4n) is 1.39. The molecule has 1 saturated heterocycles. The van der Waals surface area contributed by atoms with Crippen LogP contribution in [0.25, 0.3) is 0 Å². The van der Waals surface area contributed by atoms with Crippen LogP contribution in [0.15, 0.2) is 22.4 Å². The number of nitrogens with zero attached hydrogens (tertiary/aromatic N) is 2. The highest BCUT2D eigenvalue weighted by molar-refractivity contribution is 8.00. The summed E-state index contributed by atoms with van der Waals surface area (Å²) in [6.45, 7) is 2.24. The molecule has 14 heavy (non-hydrogen) atoms. The van der Waals surface area contributed by atoms with Gasteiger partial charge in [-0.1, -0.05) is 11.8 Å². The molecule has 0 amide bonds. The number of rotatable bonds is 3. The molecule has 0 bridgehead atoms. The molecule has 1 fully saturated rings. The zero-order chi connectivity index (χ0) is 9.80. The molecule has 1 aliphatic heterocycles. The van der Waals surface area contributed by atoms with Gasteiger partial charge in [-0.25, -0.2) is 9.97 Å².